The monoisotopic (exact) mass is 224 g/mol. The Balaban J connectivity index is 2.82. The van der Waals surface area contributed by atoms with Gasteiger partial charge in [-0.25, -0.2) is 0 Å². The highest BCUT2D eigenvalue weighted by atomic mass is 16.3. The van der Waals surface area contributed by atoms with Crippen molar-refractivity contribution < 1.29 is 10.2 Å². The summed E-state index contributed by atoms with van der Waals surface area (Å²) in [6.45, 7) is 0.368. The van der Waals surface area contributed by atoms with Crippen LogP contribution in [0, 0.1) is 0 Å². The first kappa shape index (κ1) is 13.0. The quantitative estimate of drug-likeness (QED) is 0.676. The summed E-state index contributed by atoms with van der Waals surface area (Å²) in [5, 5.41) is 22.4. The summed E-state index contributed by atoms with van der Waals surface area (Å²) in [7, 11) is 5.62. The highest BCUT2D eigenvalue weighted by Crippen LogP contribution is 2.21. The van der Waals surface area contributed by atoms with Crippen LogP contribution in [0.25, 0.3) is 0 Å². The minimum Gasteiger partial charge on any atom is -0.389 e. The van der Waals surface area contributed by atoms with Crippen LogP contribution in [0.2, 0.25) is 0 Å². The predicted octanol–water partition coefficient (Wildman–Crippen LogP) is 0.366. The molecule has 0 aliphatic heterocycles. The number of aliphatic hydroxyl groups is 2. The van der Waals surface area contributed by atoms with E-state index in [-0.39, 0.29) is 0 Å². The third-order valence-electron chi connectivity index (χ3n) is 2.51. The number of nitrogens with one attached hydrogen (secondary N) is 1. The van der Waals surface area contributed by atoms with Crippen molar-refractivity contribution >= 4 is 5.69 Å². The highest BCUT2D eigenvalue weighted by molar-refractivity contribution is 5.47. The van der Waals surface area contributed by atoms with E-state index in [1.54, 1.807) is 7.05 Å². The van der Waals surface area contributed by atoms with Gasteiger partial charge in [-0.15, -0.1) is 0 Å². The summed E-state index contributed by atoms with van der Waals surface area (Å²) < 4.78 is 0. The summed E-state index contributed by atoms with van der Waals surface area (Å²) >= 11 is 0. The second kappa shape index (κ2) is 5.84. The molecular formula is C12H20N2O2. The van der Waals surface area contributed by atoms with Crippen LogP contribution in [-0.2, 0) is 0 Å². The van der Waals surface area contributed by atoms with Gasteiger partial charge in [0.2, 0.25) is 0 Å². The molecule has 0 aliphatic carbocycles. The summed E-state index contributed by atoms with van der Waals surface area (Å²) in [4.78, 5) is 1.96. The zero-order chi connectivity index (χ0) is 12.1. The molecule has 1 aromatic rings. The van der Waals surface area contributed by atoms with Crippen LogP contribution >= 0.6 is 0 Å². The number of hydrogen-bond donors (Lipinski definition) is 3. The van der Waals surface area contributed by atoms with Gasteiger partial charge < -0.3 is 20.4 Å². The first-order valence-corrected chi connectivity index (χ1v) is 5.34. The van der Waals surface area contributed by atoms with Crippen LogP contribution in [0.15, 0.2) is 24.3 Å². The van der Waals surface area contributed by atoms with E-state index in [1.807, 2.05) is 43.3 Å². The Morgan fingerprint density at radius 1 is 1.31 bits per heavy atom. The van der Waals surface area contributed by atoms with E-state index in [1.165, 1.54) is 0 Å². The van der Waals surface area contributed by atoms with Gasteiger partial charge in [0.05, 0.1) is 6.10 Å². The average molecular weight is 224 g/mol. The normalized spacial score (nSPS) is 14.6. The average Bonchev–Trinajstić information content (AvgIpc) is 2.28. The zero-order valence-electron chi connectivity index (χ0n) is 10.0. The van der Waals surface area contributed by atoms with Gasteiger partial charge in [-0.2, -0.15) is 0 Å². The summed E-state index contributed by atoms with van der Waals surface area (Å²) in [5.41, 5.74) is 1.74. The predicted molar refractivity (Wildman–Crippen MR) is 65.7 cm³/mol. The molecule has 0 heterocycles. The van der Waals surface area contributed by atoms with Crippen LogP contribution in [-0.4, -0.2) is 44.0 Å². The molecule has 1 aromatic carbocycles. The molecule has 0 fully saturated rings. The van der Waals surface area contributed by atoms with Crippen LogP contribution in [0.5, 0.6) is 0 Å². The third kappa shape index (κ3) is 3.20. The fraction of sp³-hybridized carbons (Fsp3) is 0.500. The Kier molecular flexibility index (Phi) is 4.73. The number of rotatable bonds is 5. The number of likely N-dealkylation sites (N-methyl/N-ethyl adjacent to an activating group) is 1. The molecule has 0 bridgehead atoms. The van der Waals surface area contributed by atoms with Crippen molar-refractivity contribution in [1.82, 2.24) is 5.32 Å². The maximum absolute atomic E-state index is 9.92. The molecule has 16 heavy (non-hydrogen) atoms. The van der Waals surface area contributed by atoms with Crippen LogP contribution in [0.4, 0.5) is 5.69 Å². The van der Waals surface area contributed by atoms with Crippen molar-refractivity contribution in [2.24, 2.45) is 0 Å². The van der Waals surface area contributed by atoms with E-state index in [0.717, 1.165) is 11.3 Å². The van der Waals surface area contributed by atoms with E-state index in [2.05, 4.69) is 5.32 Å². The fourth-order valence-corrected chi connectivity index (χ4v) is 1.53. The molecule has 4 nitrogen and oxygen atoms in total. The molecule has 2 unspecified atom stereocenters. The van der Waals surface area contributed by atoms with Crippen molar-refractivity contribution in [3.63, 3.8) is 0 Å². The Labute approximate surface area is 96.5 Å². The highest BCUT2D eigenvalue weighted by Gasteiger charge is 2.17. The largest absolute Gasteiger partial charge is 0.389 e. The molecule has 2 atom stereocenters. The number of nitrogens with zero attached hydrogens (tertiary/aromatic N) is 1. The number of hydrogen-bond acceptors (Lipinski definition) is 4. The van der Waals surface area contributed by atoms with Gasteiger partial charge in [0.15, 0.2) is 0 Å². The summed E-state index contributed by atoms with van der Waals surface area (Å²) in [6, 6.07) is 7.53. The zero-order valence-corrected chi connectivity index (χ0v) is 10.0. The Hall–Kier alpha value is -1.10. The molecule has 0 saturated heterocycles. The SMILES string of the molecule is CNCC(O)C(O)c1cccc(N(C)C)c1. The Morgan fingerprint density at radius 2 is 2.00 bits per heavy atom. The molecule has 3 N–H and O–H groups in total. The van der Waals surface area contributed by atoms with E-state index in [4.69, 9.17) is 0 Å². The molecule has 0 radical (unpaired) electrons. The maximum atomic E-state index is 9.92. The molecule has 0 aliphatic rings. The lowest BCUT2D eigenvalue weighted by atomic mass is 10.0. The molecule has 0 aromatic heterocycles. The second-order valence-corrected chi connectivity index (χ2v) is 4.06. The van der Waals surface area contributed by atoms with Gasteiger partial charge >= 0.3 is 0 Å². The lowest BCUT2D eigenvalue weighted by molar-refractivity contribution is 0.0202. The first-order valence-electron chi connectivity index (χ1n) is 5.34. The lowest BCUT2D eigenvalue weighted by Crippen LogP contribution is -2.29. The van der Waals surface area contributed by atoms with Gasteiger partial charge in [-0.05, 0) is 24.7 Å². The van der Waals surface area contributed by atoms with Crippen molar-refractivity contribution in [3.05, 3.63) is 29.8 Å². The molecule has 0 amide bonds. The summed E-state index contributed by atoms with van der Waals surface area (Å²) in [6.07, 6.45) is -1.64. The number of benzene rings is 1. The van der Waals surface area contributed by atoms with Crippen molar-refractivity contribution in [3.8, 4) is 0 Å². The van der Waals surface area contributed by atoms with Gasteiger partial charge in [-0.1, -0.05) is 12.1 Å². The van der Waals surface area contributed by atoms with Crippen LogP contribution < -0.4 is 10.2 Å². The van der Waals surface area contributed by atoms with Gasteiger partial charge in [-0.3, -0.25) is 0 Å². The fourth-order valence-electron chi connectivity index (χ4n) is 1.53. The van der Waals surface area contributed by atoms with E-state index in [0.29, 0.717) is 6.54 Å². The lowest BCUT2D eigenvalue weighted by Gasteiger charge is -2.20. The Morgan fingerprint density at radius 3 is 2.56 bits per heavy atom. The van der Waals surface area contributed by atoms with E-state index in [9.17, 15) is 10.2 Å². The topological polar surface area (TPSA) is 55.7 Å². The minimum absolute atomic E-state index is 0.368. The molecular weight excluding hydrogens is 204 g/mol. The van der Waals surface area contributed by atoms with Crippen molar-refractivity contribution in [2.45, 2.75) is 12.2 Å². The molecule has 4 heteroatoms. The molecule has 0 spiro atoms. The third-order valence-corrected chi connectivity index (χ3v) is 2.51. The smallest absolute Gasteiger partial charge is 0.106 e. The molecule has 1 rings (SSSR count). The summed E-state index contributed by atoms with van der Waals surface area (Å²) in [5.74, 6) is 0. The van der Waals surface area contributed by atoms with Crippen molar-refractivity contribution in [2.75, 3.05) is 32.6 Å². The van der Waals surface area contributed by atoms with E-state index < -0.39 is 12.2 Å². The van der Waals surface area contributed by atoms with Gasteiger partial charge in [0.1, 0.15) is 6.10 Å². The van der Waals surface area contributed by atoms with Crippen LogP contribution in [0.1, 0.15) is 11.7 Å². The molecule has 90 valence electrons. The van der Waals surface area contributed by atoms with Gasteiger partial charge in [0.25, 0.3) is 0 Å². The number of aliphatic hydroxyl groups excluding tert-OH is 2. The second-order valence-electron chi connectivity index (χ2n) is 4.06. The van der Waals surface area contributed by atoms with Crippen molar-refractivity contribution in [1.29, 1.82) is 0 Å². The van der Waals surface area contributed by atoms with Gasteiger partial charge in [0, 0.05) is 26.3 Å². The van der Waals surface area contributed by atoms with Crippen LogP contribution in [0.3, 0.4) is 0 Å². The standard InChI is InChI=1S/C12H20N2O2/c1-13-8-11(15)12(16)9-5-4-6-10(7-9)14(2)3/h4-7,11-13,15-16H,8H2,1-3H3. The first-order chi connectivity index (χ1) is 7.56. The van der Waals surface area contributed by atoms with E-state index >= 15 is 0 Å². The Bertz CT molecular complexity index is 329. The number of anilines is 1. The molecule has 0 saturated carbocycles. The maximum Gasteiger partial charge on any atom is 0.106 e. The minimum atomic E-state index is -0.854.